The number of rotatable bonds is 6. The molecule has 0 N–H and O–H groups in total. The predicted molar refractivity (Wildman–Crippen MR) is 93.9 cm³/mol. The third kappa shape index (κ3) is 4.70. The Kier molecular flexibility index (Phi) is 6.32. The molecule has 31 heavy (non-hydrogen) atoms. The van der Waals surface area contributed by atoms with E-state index >= 15 is 0 Å². The highest BCUT2D eigenvalue weighted by atomic mass is 19.2. The fourth-order valence-electron chi connectivity index (χ4n) is 2.98. The number of urea groups is 1. The highest BCUT2D eigenvalue weighted by Crippen LogP contribution is 2.26. The van der Waals surface area contributed by atoms with Crippen LogP contribution in [0.4, 0.5) is 31.1 Å². The number of alkyl halides is 2. The molecule has 5 nitrogen and oxygen atoms in total. The summed E-state index contributed by atoms with van der Waals surface area (Å²) in [6, 6.07) is 2.98. The maximum atomic E-state index is 14.5. The Morgan fingerprint density at radius 1 is 0.677 bits per heavy atom. The molecule has 2 aromatic carbocycles. The summed E-state index contributed by atoms with van der Waals surface area (Å²) in [5.74, 6) is -7.22. The summed E-state index contributed by atoms with van der Waals surface area (Å²) in [4.78, 5) is 37.4. The van der Waals surface area contributed by atoms with Crippen molar-refractivity contribution in [2.45, 2.75) is 18.8 Å². The molecule has 3 rings (SSSR count). The number of hydrogen-bond donors (Lipinski definition) is 0. The molecule has 1 aliphatic heterocycles. The second-order valence-corrected chi connectivity index (χ2v) is 6.75. The quantitative estimate of drug-likeness (QED) is 0.497. The Hall–Kier alpha value is -3.37. The van der Waals surface area contributed by atoms with Crippen molar-refractivity contribution < 1.29 is 40.7 Å². The fourth-order valence-corrected chi connectivity index (χ4v) is 2.98. The lowest BCUT2D eigenvalue weighted by Gasteiger charge is -2.34. The van der Waals surface area contributed by atoms with Gasteiger partial charge in [-0.15, -0.1) is 0 Å². The van der Waals surface area contributed by atoms with Crippen LogP contribution in [-0.4, -0.2) is 40.7 Å². The van der Waals surface area contributed by atoms with E-state index in [-0.39, 0.29) is 11.1 Å². The van der Waals surface area contributed by atoms with Crippen molar-refractivity contribution >= 4 is 17.8 Å². The van der Waals surface area contributed by atoms with Gasteiger partial charge in [-0.1, -0.05) is 12.1 Å². The van der Waals surface area contributed by atoms with Crippen LogP contribution in [0.3, 0.4) is 0 Å². The lowest BCUT2D eigenvalue weighted by atomic mass is 10.1. The maximum Gasteiger partial charge on any atom is 0.333 e. The van der Waals surface area contributed by atoms with Crippen LogP contribution >= 0.6 is 0 Å². The smallest absolute Gasteiger partial charge is 0.274 e. The van der Waals surface area contributed by atoms with Crippen molar-refractivity contribution in [1.82, 2.24) is 9.80 Å². The van der Waals surface area contributed by atoms with Gasteiger partial charge in [0, 0.05) is 0 Å². The molecule has 0 radical (unpaired) electrons. The second-order valence-electron chi connectivity index (χ2n) is 6.75. The van der Waals surface area contributed by atoms with Gasteiger partial charge in [0.25, 0.3) is 0 Å². The van der Waals surface area contributed by atoms with Crippen molar-refractivity contribution in [3.05, 3.63) is 70.8 Å². The van der Waals surface area contributed by atoms with E-state index in [0.29, 0.717) is 34.1 Å². The molecule has 0 saturated carbocycles. The van der Waals surface area contributed by atoms with E-state index in [9.17, 15) is 40.7 Å². The summed E-state index contributed by atoms with van der Waals surface area (Å²) in [6.07, 6.45) is -5.07. The van der Waals surface area contributed by atoms with Gasteiger partial charge in [-0.2, -0.15) is 0 Å². The standard InChI is InChI=1S/C20H14F6N2O3/c21-12-3-1-10(5-14(12)23)16(25)8-27-18(29)7-19(30)28(20(27)31)9-17(26)11-2-4-13(22)15(24)6-11/h1-6,16-17H,7-9H2/t16-,17-/m1/s1. The van der Waals surface area contributed by atoms with E-state index in [1.165, 1.54) is 0 Å². The van der Waals surface area contributed by atoms with Crippen molar-refractivity contribution in [3.63, 3.8) is 0 Å². The molecule has 0 aliphatic carbocycles. The monoisotopic (exact) mass is 444 g/mol. The highest BCUT2D eigenvalue weighted by Gasteiger charge is 2.40. The van der Waals surface area contributed by atoms with Crippen LogP contribution in [0, 0.1) is 23.3 Å². The fraction of sp³-hybridized carbons (Fsp3) is 0.250. The van der Waals surface area contributed by atoms with Crippen LogP contribution in [0.15, 0.2) is 36.4 Å². The first-order valence-corrected chi connectivity index (χ1v) is 8.91. The number of benzene rings is 2. The average molecular weight is 444 g/mol. The van der Waals surface area contributed by atoms with E-state index in [2.05, 4.69) is 0 Å². The molecule has 2 aromatic rings. The molecular weight excluding hydrogens is 430 g/mol. The Morgan fingerprint density at radius 2 is 1.06 bits per heavy atom. The van der Waals surface area contributed by atoms with E-state index in [0.717, 1.165) is 12.1 Å². The summed E-state index contributed by atoms with van der Waals surface area (Å²) in [6.45, 7) is -1.84. The number of nitrogens with zero attached hydrogens (tertiary/aromatic N) is 2. The Morgan fingerprint density at radius 3 is 1.42 bits per heavy atom. The number of hydrogen-bond acceptors (Lipinski definition) is 3. The minimum absolute atomic E-state index is 0.352. The third-order valence-corrected chi connectivity index (χ3v) is 4.66. The molecule has 0 aromatic heterocycles. The van der Waals surface area contributed by atoms with Crippen LogP contribution in [0.25, 0.3) is 0 Å². The van der Waals surface area contributed by atoms with Crippen molar-refractivity contribution in [2.75, 3.05) is 13.1 Å². The summed E-state index contributed by atoms with van der Waals surface area (Å²) >= 11 is 0. The Labute approximate surface area is 171 Å². The first-order chi connectivity index (χ1) is 14.6. The molecular formula is C20H14F6N2O3. The van der Waals surface area contributed by atoms with Gasteiger partial charge in [-0.3, -0.25) is 19.4 Å². The Bertz CT molecular complexity index is 968. The molecule has 0 spiro atoms. The van der Waals surface area contributed by atoms with Crippen molar-refractivity contribution in [2.24, 2.45) is 0 Å². The molecule has 1 fully saturated rings. The predicted octanol–water partition coefficient (Wildman–Crippen LogP) is 4.15. The van der Waals surface area contributed by atoms with Gasteiger partial charge in [0.2, 0.25) is 11.8 Å². The summed E-state index contributed by atoms with van der Waals surface area (Å²) in [7, 11) is 0. The van der Waals surface area contributed by atoms with Crippen LogP contribution < -0.4 is 0 Å². The number of imide groups is 2. The summed E-state index contributed by atoms with van der Waals surface area (Å²) < 4.78 is 81.7. The first kappa shape index (κ1) is 22.3. The lowest BCUT2D eigenvalue weighted by Crippen LogP contribution is -2.56. The minimum atomic E-state index is -2.11. The zero-order valence-electron chi connectivity index (χ0n) is 15.6. The molecule has 1 saturated heterocycles. The molecule has 164 valence electrons. The molecule has 4 amide bonds. The summed E-state index contributed by atoms with van der Waals surface area (Å²) in [5.41, 5.74) is -0.707. The first-order valence-electron chi connectivity index (χ1n) is 8.91. The zero-order valence-corrected chi connectivity index (χ0v) is 15.6. The Balaban J connectivity index is 1.76. The van der Waals surface area contributed by atoms with E-state index in [1.807, 2.05) is 0 Å². The zero-order chi connectivity index (χ0) is 22.9. The third-order valence-electron chi connectivity index (χ3n) is 4.66. The van der Waals surface area contributed by atoms with Crippen LogP contribution in [0.1, 0.15) is 29.9 Å². The maximum absolute atomic E-state index is 14.5. The van der Waals surface area contributed by atoms with Gasteiger partial charge >= 0.3 is 6.03 Å². The van der Waals surface area contributed by atoms with Crippen LogP contribution in [0.2, 0.25) is 0 Å². The SMILES string of the molecule is O=C1CC(=O)N(C[C@@H](F)c2ccc(F)c(F)c2)C(=O)N1C[C@@H](F)c1ccc(F)c(F)c1. The molecule has 1 heterocycles. The van der Waals surface area contributed by atoms with Crippen LogP contribution in [-0.2, 0) is 9.59 Å². The van der Waals surface area contributed by atoms with Gasteiger partial charge in [0.1, 0.15) is 18.8 Å². The lowest BCUT2D eigenvalue weighted by molar-refractivity contribution is -0.143. The molecule has 0 unspecified atom stereocenters. The van der Waals surface area contributed by atoms with Crippen molar-refractivity contribution in [1.29, 1.82) is 0 Å². The molecule has 1 aliphatic rings. The normalized spacial score (nSPS) is 16.6. The molecule has 0 bridgehead atoms. The number of carbonyl (C=O) groups excluding carboxylic acids is 3. The average Bonchev–Trinajstić information content (AvgIpc) is 2.72. The number of carbonyl (C=O) groups is 3. The largest absolute Gasteiger partial charge is 0.333 e. The molecule has 11 heteroatoms. The van der Waals surface area contributed by atoms with Gasteiger partial charge < -0.3 is 0 Å². The van der Waals surface area contributed by atoms with Gasteiger partial charge in [-0.05, 0) is 35.4 Å². The van der Waals surface area contributed by atoms with Crippen LogP contribution in [0.5, 0.6) is 0 Å². The van der Waals surface area contributed by atoms with Gasteiger partial charge in [0.15, 0.2) is 23.3 Å². The minimum Gasteiger partial charge on any atom is -0.274 e. The van der Waals surface area contributed by atoms with E-state index < -0.39 is 73.0 Å². The number of halogens is 6. The van der Waals surface area contributed by atoms with Gasteiger partial charge in [-0.25, -0.2) is 31.1 Å². The topological polar surface area (TPSA) is 57.7 Å². The van der Waals surface area contributed by atoms with Gasteiger partial charge in [0.05, 0.1) is 13.1 Å². The summed E-state index contributed by atoms with van der Waals surface area (Å²) in [5, 5.41) is 0. The van der Waals surface area contributed by atoms with E-state index in [1.54, 1.807) is 0 Å². The highest BCUT2D eigenvalue weighted by molar-refractivity contribution is 6.14. The molecule has 2 atom stereocenters. The number of amides is 4. The van der Waals surface area contributed by atoms with Crippen molar-refractivity contribution in [3.8, 4) is 0 Å². The van der Waals surface area contributed by atoms with E-state index in [4.69, 9.17) is 0 Å². The number of barbiturate groups is 1. The second kappa shape index (κ2) is 8.78.